The van der Waals surface area contributed by atoms with E-state index in [1.807, 2.05) is 32.0 Å². The van der Waals surface area contributed by atoms with Crippen LogP contribution in [0.4, 0.5) is 16.2 Å². The molecular weight excluding hydrogens is 298 g/mol. The van der Waals surface area contributed by atoms with E-state index in [1.165, 1.54) is 18.2 Å². The molecule has 0 saturated carbocycles. The average molecular weight is 315 g/mol. The Morgan fingerprint density at radius 2 is 1.96 bits per heavy atom. The maximum Gasteiger partial charge on any atom is 0.321 e. The molecule has 0 aliphatic carbocycles. The molecule has 120 valence electrons. The van der Waals surface area contributed by atoms with Gasteiger partial charge >= 0.3 is 6.03 Å². The Morgan fingerprint density at radius 3 is 2.65 bits per heavy atom. The molecular formula is C16H17N3O4. The van der Waals surface area contributed by atoms with Gasteiger partial charge in [0, 0.05) is 17.8 Å². The van der Waals surface area contributed by atoms with Gasteiger partial charge in [-0.05, 0) is 43.2 Å². The highest BCUT2D eigenvalue weighted by Gasteiger charge is 2.07. The largest absolute Gasteiger partial charge is 0.473 e. The van der Waals surface area contributed by atoms with Crippen molar-refractivity contribution < 1.29 is 14.5 Å². The number of nitro benzene ring substituents is 1. The third kappa shape index (κ3) is 4.70. The van der Waals surface area contributed by atoms with Crippen molar-refractivity contribution in [3.05, 3.63) is 63.7 Å². The van der Waals surface area contributed by atoms with Crippen molar-refractivity contribution in [2.24, 2.45) is 0 Å². The van der Waals surface area contributed by atoms with Crippen molar-refractivity contribution in [3.8, 4) is 5.75 Å². The van der Waals surface area contributed by atoms with Gasteiger partial charge in [0.2, 0.25) is 0 Å². The lowest BCUT2D eigenvalue weighted by Gasteiger charge is -2.10. The number of nitrogens with zero attached hydrogens (tertiary/aromatic N) is 1. The highest BCUT2D eigenvalue weighted by molar-refractivity contribution is 5.89. The minimum atomic E-state index is -0.522. The Balaban J connectivity index is 1.84. The van der Waals surface area contributed by atoms with Crippen molar-refractivity contribution in [2.45, 2.75) is 13.8 Å². The molecule has 23 heavy (non-hydrogen) atoms. The van der Waals surface area contributed by atoms with Crippen LogP contribution < -0.4 is 15.4 Å². The van der Waals surface area contributed by atoms with Gasteiger partial charge in [0.15, 0.2) is 6.73 Å². The van der Waals surface area contributed by atoms with Crippen LogP contribution >= 0.6 is 0 Å². The number of aryl methyl sites for hydroxylation is 2. The van der Waals surface area contributed by atoms with E-state index in [0.29, 0.717) is 11.4 Å². The second-order valence-electron chi connectivity index (χ2n) is 4.97. The quantitative estimate of drug-likeness (QED) is 0.502. The molecule has 2 aromatic rings. The fourth-order valence-corrected chi connectivity index (χ4v) is 1.86. The number of urea groups is 1. The van der Waals surface area contributed by atoms with E-state index in [1.54, 1.807) is 6.07 Å². The highest BCUT2D eigenvalue weighted by atomic mass is 16.6. The molecule has 2 N–H and O–H groups in total. The summed E-state index contributed by atoms with van der Waals surface area (Å²) in [6.45, 7) is 3.97. The second kappa shape index (κ2) is 7.26. The first-order valence-electron chi connectivity index (χ1n) is 6.95. The van der Waals surface area contributed by atoms with E-state index in [4.69, 9.17) is 4.74 Å². The fraction of sp³-hybridized carbons (Fsp3) is 0.188. The van der Waals surface area contributed by atoms with Crippen molar-refractivity contribution in [1.82, 2.24) is 5.32 Å². The van der Waals surface area contributed by atoms with Gasteiger partial charge in [-0.25, -0.2) is 4.79 Å². The Labute approximate surface area is 133 Å². The van der Waals surface area contributed by atoms with Crippen molar-refractivity contribution in [3.63, 3.8) is 0 Å². The zero-order valence-corrected chi connectivity index (χ0v) is 12.8. The molecule has 0 aliphatic rings. The summed E-state index contributed by atoms with van der Waals surface area (Å²) in [5.41, 5.74) is 2.51. The van der Waals surface area contributed by atoms with Gasteiger partial charge in [0.05, 0.1) is 4.92 Å². The number of anilines is 1. The maximum atomic E-state index is 11.7. The summed E-state index contributed by atoms with van der Waals surface area (Å²) in [5, 5.41) is 15.7. The van der Waals surface area contributed by atoms with Gasteiger partial charge in [0.25, 0.3) is 5.69 Å². The van der Waals surface area contributed by atoms with E-state index in [2.05, 4.69) is 10.6 Å². The van der Waals surface area contributed by atoms with Crippen LogP contribution in [-0.2, 0) is 0 Å². The van der Waals surface area contributed by atoms with Crippen LogP contribution in [0.5, 0.6) is 5.75 Å². The number of hydrogen-bond acceptors (Lipinski definition) is 4. The Hall–Kier alpha value is -3.09. The van der Waals surface area contributed by atoms with Crippen molar-refractivity contribution >= 4 is 17.4 Å². The molecule has 7 heteroatoms. The topological polar surface area (TPSA) is 93.5 Å². The molecule has 2 rings (SSSR count). The minimum absolute atomic E-state index is 0.0107. The van der Waals surface area contributed by atoms with E-state index in [0.717, 1.165) is 11.1 Å². The monoisotopic (exact) mass is 315 g/mol. The van der Waals surface area contributed by atoms with Crippen LogP contribution in [-0.4, -0.2) is 17.7 Å². The van der Waals surface area contributed by atoms with Crippen LogP contribution in [0.25, 0.3) is 0 Å². The predicted molar refractivity (Wildman–Crippen MR) is 86.7 cm³/mol. The summed E-state index contributed by atoms with van der Waals surface area (Å²) < 4.78 is 5.43. The molecule has 2 amide bonds. The molecule has 0 aromatic heterocycles. The Morgan fingerprint density at radius 1 is 1.17 bits per heavy atom. The van der Waals surface area contributed by atoms with Crippen LogP contribution in [0.15, 0.2) is 42.5 Å². The summed E-state index contributed by atoms with van der Waals surface area (Å²) >= 11 is 0. The third-order valence-corrected chi connectivity index (χ3v) is 3.26. The summed E-state index contributed by atoms with van der Waals surface area (Å²) in [4.78, 5) is 21.9. The van der Waals surface area contributed by atoms with Crippen LogP contribution in [0.2, 0.25) is 0 Å². The molecule has 2 aromatic carbocycles. The first kappa shape index (κ1) is 16.3. The third-order valence-electron chi connectivity index (χ3n) is 3.26. The zero-order valence-electron chi connectivity index (χ0n) is 12.8. The van der Waals surface area contributed by atoms with E-state index >= 15 is 0 Å². The number of benzene rings is 2. The summed E-state index contributed by atoms with van der Waals surface area (Å²) in [7, 11) is 0. The number of nitro groups is 1. The number of amides is 2. The Bertz CT molecular complexity index is 731. The number of non-ortho nitro benzene ring substituents is 1. The van der Waals surface area contributed by atoms with Gasteiger partial charge in [-0.1, -0.05) is 12.1 Å². The number of hydrogen-bond donors (Lipinski definition) is 2. The molecule has 0 saturated heterocycles. The Kier molecular flexibility index (Phi) is 5.14. The molecule has 7 nitrogen and oxygen atoms in total. The summed E-state index contributed by atoms with van der Waals surface area (Å²) in [6, 6.07) is 10.8. The molecule has 0 radical (unpaired) electrons. The molecule has 0 unspecified atom stereocenters. The van der Waals surface area contributed by atoms with Gasteiger partial charge < -0.3 is 15.4 Å². The van der Waals surface area contributed by atoms with E-state index in [-0.39, 0.29) is 12.4 Å². The van der Waals surface area contributed by atoms with Gasteiger partial charge in [-0.3, -0.25) is 10.1 Å². The summed E-state index contributed by atoms with van der Waals surface area (Å²) in [6.07, 6.45) is 0. The number of carbonyl (C=O) groups excluding carboxylic acids is 1. The van der Waals surface area contributed by atoms with Gasteiger partial charge in [-0.2, -0.15) is 0 Å². The number of ether oxygens (including phenoxy) is 1. The first-order valence-corrected chi connectivity index (χ1v) is 6.95. The number of nitrogens with one attached hydrogen (secondary N) is 2. The maximum absolute atomic E-state index is 11.7. The zero-order chi connectivity index (χ0) is 16.8. The molecule has 0 fully saturated rings. The van der Waals surface area contributed by atoms with Gasteiger partial charge in [-0.15, -0.1) is 0 Å². The predicted octanol–water partition coefficient (Wildman–Crippen LogP) is 3.37. The molecule has 0 bridgehead atoms. The number of rotatable bonds is 5. The highest BCUT2D eigenvalue weighted by Crippen LogP contribution is 2.17. The van der Waals surface area contributed by atoms with Crippen molar-refractivity contribution in [1.29, 1.82) is 0 Å². The lowest BCUT2D eigenvalue weighted by Crippen LogP contribution is -2.32. The lowest BCUT2D eigenvalue weighted by molar-refractivity contribution is -0.384. The molecule has 0 spiro atoms. The molecule has 0 atom stereocenters. The standard InChI is InChI=1S/C16H17N3O4/c1-11-6-7-15(8-12(11)2)23-10-17-16(20)18-13-4-3-5-14(9-13)19(21)22/h3-9H,10H2,1-2H3,(H2,17,18,20). The van der Waals surface area contributed by atoms with Crippen LogP contribution in [0.1, 0.15) is 11.1 Å². The van der Waals surface area contributed by atoms with Gasteiger partial charge in [0.1, 0.15) is 5.75 Å². The molecule has 0 aliphatic heterocycles. The fourth-order valence-electron chi connectivity index (χ4n) is 1.86. The van der Waals surface area contributed by atoms with Crippen LogP contribution in [0, 0.1) is 24.0 Å². The van der Waals surface area contributed by atoms with E-state index in [9.17, 15) is 14.9 Å². The minimum Gasteiger partial charge on any atom is -0.473 e. The second-order valence-corrected chi connectivity index (χ2v) is 4.97. The van der Waals surface area contributed by atoms with E-state index < -0.39 is 11.0 Å². The number of carbonyl (C=O) groups is 1. The van der Waals surface area contributed by atoms with Crippen LogP contribution in [0.3, 0.4) is 0 Å². The average Bonchev–Trinajstić information content (AvgIpc) is 2.51. The molecule has 0 heterocycles. The lowest BCUT2D eigenvalue weighted by atomic mass is 10.1. The SMILES string of the molecule is Cc1ccc(OCNC(=O)Nc2cccc([N+](=O)[O-])c2)cc1C. The normalized spacial score (nSPS) is 10.0. The van der Waals surface area contributed by atoms with Crippen molar-refractivity contribution in [2.75, 3.05) is 12.0 Å². The first-order chi connectivity index (χ1) is 11.0. The summed E-state index contributed by atoms with van der Waals surface area (Å²) in [5.74, 6) is 0.656. The smallest absolute Gasteiger partial charge is 0.321 e.